The van der Waals surface area contributed by atoms with Gasteiger partial charge in [0.15, 0.2) is 0 Å². The van der Waals surface area contributed by atoms with Gasteiger partial charge in [0.2, 0.25) is 23.6 Å². The summed E-state index contributed by atoms with van der Waals surface area (Å²) in [5.74, 6) is -1.47. The average molecular weight is 906 g/mol. The summed E-state index contributed by atoms with van der Waals surface area (Å²) in [6, 6.07) is 15.6. The van der Waals surface area contributed by atoms with E-state index in [1.54, 1.807) is 37.9 Å². The molecule has 2 aliphatic heterocycles. The Labute approximate surface area is 388 Å². The van der Waals surface area contributed by atoms with E-state index in [2.05, 4.69) is 53.8 Å². The van der Waals surface area contributed by atoms with Crippen LogP contribution in [0.15, 0.2) is 66.2 Å². The van der Waals surface area contributed by atoms with E-state index in [4.69, 9.17) is 15.2 Å². The molecule has 2 aliphatic rings. The SMILES string of the molecule is CC[C@H](C)[C@@H]([C@@H](CC(=O)N1CCC[C@H]1[C@H](OC)[C@@H](C)C(=O)N[C@@H](Cc1ccccc1)C1(C)NC=CS1)OC)N(C)C(=O)[C@@H](NC(=O)[C@H](C(C)C)N(C)CCc1ccc(N)cc1)C(C)C. The Morgan fingerprint density at radius 3 is 2.16 bits per heavy atom. The standard InChI is InChI=1S/C50H79N7O6S/c1-13-34(6)45(56(10)49(61)43(32(2)3)54-48(60)44(33(4)5)55(9)28-25-36-21-23-38(51)24-22-36)40(62-11)31-42(58)57-27-17-20-39(57)46(63-12)35(7)47(59)53-41(50(8)52-26-29-64-50)30-37-18-15-14-16-19-37/h14-16,18-19,21-24,26,29,32-35,39-41,43-46,52H,13,17,20,25,27-28,30-31,51H2,1-12H3,(H,53,59)(H,54,60)/t34-,35+,39-,40+,41-,43-,44-,45-,46+,50?/m0/s1. The molecule has 5 N–H and O–H groups in total. The molecule has 4 rings (SSSR count). The molecule has 13 nitrogen and oxygen atoms in total. The molecule has 0 saturated carbocycles. The maximum atomic E-state index is 14.6. The minimum atomic E-state index is -0.795. The Bertz CT molecular complexity index is 1820. The fourth-order valence-corrected chi connectivity index (χ4v) is 10.4. The molecule has 1 unspecified atom stereocenters. The summed E-state index contributed by atoms with van der Waals surface area (Å²) in [6.45, 7) is 17.2. The van der Waals surface area contributed by atoms with Gasteiger partial charge in [-0.05, 0) is 86.1 Å². The van der Waals surface area contributed by atoms with Crippen molar-refractivity contribution in [2.75, 3.05) is 47.1 Å². The second-order valence-electron chi connectivity index (χ2n) is 18.9. The number of benzene rings is 2. The number of nitrogens with zero attached hydrogens (tertiary/aromatic N) is 3. The van der Waals surface area contributed by atoms with Crippen LogP contribution in [0, 0.1) is 23.7 Å². The second kappa shape index (κ2) is 24.4. The number of hydrogen-bond donors (Lipinski definition) is 4. The highest BCUT2D eigenvalue weighted by Crippen LogP contribution is 2.34. The van der Waals surface area contributed by atoms with Crippen molar-refractivity contribution in [2.24, 2.45) is 23.7 Å². The number of likely N-dealkylation sites (tertiary alicyclic amines) is 1. The fraction of sp³-hybridized carbons (Fsp3) is 0.640. The highest BCUT2D eigenvalue weighted by atomic mass is 32.2. The molecule has 10 atom stereocenters. The number of anilines is 1. The average Bonchev–Trinajstić information content (AvgIpc) is 3.95. The van der Waals surface area contributed by atoms with Crippen molar-refractivity contribution in [1.82, 2.24) is 30.7 Å². The molecule has 0 aliphatic carbocycles. The molecule has 2 aromatic rings. The molecule has 14 heteroatoms. The van der Waals surface area contributed by atoms with Crippen LogP contribution in [-0.4, -0.2) is 127 Å². The second-order valence-corrected chi connectivity index (χ2v) is 20.3. The van der Waals surface area contributed by atoms with Gasteiger partial charge in [0.25, 0.3) is 0 Å². The van der Waals surface area contributed by atoms with Gasteiger partial charge in [-0.2, -0.15) is 0 Å². The minimum absolute atomic E-state index is 0.0100. The lowest BCUT2D eigenvalue weighted by Gasteiger charge is -2.41. The number of nitrogen functional groups attached to an aromatic ring is 1. The van der Waals surface area contributed by atoms with E-state index in [9.17, 15) is 19.2 Å². The van der Waals surface area contributed by atoms with Crippen LogP contribution in [0.2, 0.25) is 0 Å². The Hall–Kier alpha value is -4.11. The Kier molecular flexibility index (Phi) is 20.0. The molecule has 2 aromatic carbocycles. The lowest BCUT2D eigenvalue weighted by Crippen LogP contribution is -2.60. The number of rotatable bonds is 24. The van der Waals surface area contributed by atoms with Gasteiger partial charge in [-0.15, -0.1) is 11.8 Å². The van der Waals surface area contributed by atoms with Crippen molar-refractivity contribution in [1.29, 1.82) is 0 Å². The van der Waals surface area contributed by atoms with Gasteiger partial charge in [-0.3, -0.25) is 24.1 Å². The third kappa shape index (κ3) is 13.5. The molecule has 0 spiro atoms. The summed E-state index contributed by atoms with van der Waals surface area (Å²) in [6.07, 6.45) is 4.39. The van der Waals surface area contributed by atoms with E-state index in [-0.39, 0.29) is 59.9 Å². The van der Waals surface area contributed by atoms with E-state index >= 15 is 0 Å². The molecule has 64 heavy (non-hydrogen) atoms. The number of nitrogens with one attached hydrogen (secondary N) is 3. The van der Waals surface area contributed by atoms with E-state index in [0.29, 0.717) is 31.6 Å². The summed E-state index contributed by atoms with van der Waals surface area (Å²) in [7, 11) is 6.91. The Balaban J connectivity index is 1.47. The molecule has 2 heterocycles. The first-order chi connectivity index (χ1) is 30.4. The van der Waals surface area contributed by atoms with Crippen LogP contribution in [0.1, 0.15) is 92.2 Å². The molecule has 4 amide bonds. The zero-order valence-corrected chi connectivity index (χ0v) is 41.5. The highest BCUT2D eigenvalue weighted by molar-refractivity contribution is 8.03. The van der Waals surface area contributed by atoms with Crippen LogP contribution < -0.4 is 21.7 Å². The van der Waals surface area contributed by atoms with Crippen molar-refractivity contribution in [3.8, 4) is 0 Å². The van der Waals surface area contributed by atoms with Crippen molar-refractivity contribution in [3.05, 3.63) is 77.3 Å². The van der Waals surface area contributed by atoms with Crippen LogP contribution >= 0.6 is 11.8 Å². The van der Waals surface area contributed by atoms with Gasteiger partial charge in [0.1, 0.15) is 10.9 Å². The molecule has 356 valence electrons. The lowest BCUT2D eigenvalue weighted by molar-refractivity contribution is -0.148. The van der Waals surface area contributed by atoms with Crippen molar-refractivity contribution >= 4 is 41.1 Å². The van der Waals surface area contributed by atoms with Gasteiger partial charge < -0.3 is 41.0 Å². The number of hydrogen-bond acceptors (Lipinski definition) is 10. The number of amides is 4. The van der Waals surface area contributed by atoms with E-state index in [0.717, 1.165) is 30.4 Å². The molecular formula is C50H79N7O6S. The summed E-state index contributed by atoms with van der Waals surface area (Å²) in [4.78, 5) is 62.5. The molecule has 1 fully saturated rings. The Morgan fingerprint density at radius 1 is 0.922 bits per heavy atom. The van der Waals surface area contributed by atoms with Gasteiger partial charge in [0.05, 0.1) is 48.7 Å². The van der Waals surface area contributed by atoms with Crippen LogP contribution in [0.5, 0.6) is 0 Å². The van der Waals surface area contributed by atoms with E-state index in [1.807, 2.05) is 101 Å². The zero-order valence-electron chi connectivity index (χ0n) is 40.6. The zero-order chi connectivity index (χ0) is 47.3. The van der Waals surface area contributed by atoms with Gasteiger partial charge >= 0.3 is 0 Å². The molecule has 0 bridgehead atoms. The van der Waals surface area contributed by atoms with Crippen molar-refractivity contribution < 1.29 is 28.7 Å². The first kappa shape index (κ1) is 52.5. The van der Waals surface area contributed by atoms with Crippen LogP contribution in [-0.2, 0) is 41.5 Å². The largest absolute Gasteiger partial charge is 0.399 e. The Morgan fingerprint density at radius 2 is 1.59 bits per heavy atom. The highest BCUT2D eigenvalue weighted by Gasteiger charge is 2.44. The number of carbonyl (C=O) groups excluding carboxylic acids is 4. The van der Waals surface area contributed by atoms with Crippen LogP contribution in [0.25, 0.3) is 0 Å². The monoisotopic (exact) mass is 906 g/mol. The third-order valence-corrected chi connectivity index (χ3v) is 14.8. The van der Waals surface area contributed by atoms with Gasteiger partial charge in [-0.25, -0.2) is 0 Å². The van der Waals surface area contributed by atoms with Crippen molar-refractivity contribution in [3.63, 3.8) is 0 Å². The third-order valence-electron chi connectivity index (χ3n) is 13.6. The maximum absolute atomic E-state index is 14.6. The molecule has 0 radical (unpaired) electrons. The molecule has 0 aromatic heterocycles. The number of methoxy groups -OCH3 is 2. The van der Waals surface area contributed by atoms with E-state index in [1.165, 1.54) is 0 Å². The quantitative estimate of drug-likeness (QED) is 0.0911. The summed E-state index contributed by atoms with van der Waals surface area (Å²) >= 11 is 1.65. The van der Waals surface area contributed by atoms with Crippen LogP contribution in [0.4, 0.5) is 5.69 Å². The summed E-state index contributed by atoms with van der Waals surface area (Å²) in [5.41, 5.74) is 8.85. The maximum Gasteiger partial charge on any atom is 0.245 e. The summed E-state index contributed by atoms with van der Waals surface area (Å²) < 4.78 is 12.2. The number of thioether (sulfide) groups is 1. The summed E-state index contributed by atoms with van der Waals surface area (Å²) in [5, 5.41) is 12.0. The predicted octanol–water partition coefficient (Wildman–Crippen LogP) is 6.08. The number of likely N-dealkylation sites (N-methyl/N-ethyl adjacent to an activating group) is 2. The topological polar surface area (TPSA) is 159 Å². The molecular weight excluding hydrogens is 827 g/mol. The van der Waals surface area contributed by atoms with E-state index < -0.39 is 41.1 Å². The predicted molar refractivity (Wildman–Crippen MR) is 259 cm³/mol. The van der Waals surface area contributed by atoms with Gasteiger partial charge in [0, 0.05) is 46.2 Å². The normalized spacial score (nSPS) is 21.2. The number of carbonyl (C=O) groups is 4. The number of ether oxygens (including phenoxy) is 2. The first-order valence-corrected chi connectivity index (χ1v) is 24.2. The smallest absolute Gasteiger partial charge is 0.245 e. The lowest BCUT2D eigenvalue weighted by atomic mass is 9.89. The number of nitrogens with two attached hydrogens (primary N) is 1. The fourth-order valence-electron chi connectivity index (χ4n) is 9.55. The van der Waals surface area contributed by atoms with Crippen LogP contribution in [0.3, 0.4) is 0 Å². The van der Waals surface area contributed by atoms with Gasteiger partial charge in [-0.1, -0.05) is 97.4 Å². The first-order valence-electron chi connectivity index (χ1n) is 23.3. The minimum Gasteiger partial charge on any atom is -0.399 e. The molecule has 1 saturated heterocycles. The van der Waals surface area contributed by atoms with Crippen molar-refractivity contribution in [2.45, 2.75) is 141 Å².